The highest BCUT2D eigenvalue weighted by molar-refractivity contribution is 5.89. The maximum Gasteiger partial charge on any atom is 0.351 e. The summed E-state index contributed by atoms with van der Waals surface area (Å²) >= 11 is 0. The fraction of sp³-hybridized carbons (Fsp3) is 0.100. The van der Waals surface area contributed by atoms with E-state index >= 15 is 0 Å². The second kappa shape index (κ2) is 3.91. The van der Waals surface area contributed by atoms with E-state index in [9.17, 15) is 9.90 Å². The number of hydrogen-bond donors (Lipinski definition) is 4. The molecule has 5 nitrogen and oxygen atoms in total. The summed E-state index contributed by atoms with van der Waals surface area (Å²) < 4.78 is 0. The number of hydrogen-bond acceptors (Lipinski definition) is 4. The lowest BCUT2D eigenvalue weighted by atomic mass is 10.1. The zero-order valence-electron chi connectivity index (χ0n) is 8.11. The lowest BCUT2D eigenvalue weighted by Gasteiger charge is -2.10. The molecule has 4 N–H and O–H groups in total. The number of carboxylic acid groups (broad SMARTS) is 1. The molecule has 15 heavy (non-hydrogen) atoms. The Balaban J connectivity index is 3.01. The zero-order chi connectivity index (χ0) is 11.6. The van der Waals surface area contributed by atoms with Crippen LogP contribution < -0.4 is 5.32 Å². The number of nitrogens with one attached hydrogen (secondary N) is 1. The number of benzene rings is 1. The Morgan fingerprint density at radius 3 is 2.40 bits per heavy atom. The molecule has 1 aromatic carbocycles. The van der Waals surface area contributed by atoms with E-state index in [2.05, 4.69) is 11.9 Å². The molecule has 0 atom stereocenters. The van der Waals surface area contributed by atoms with E-state index in [1.54, 1.807) is 6.92 Å². The summed E-state index contributed by atoms with van der Waals surface area (Å²) in [6.45, 7) is 4.95. The van der Waals surface area contributed by atoms with Crippen LogP contribution in [0.1, 0.15) is 5.56 Å². The van der Waals surface area contributed by atoms with Gasteiger partial charge in [-0.15, -0.1) is 0 Å². The molecule has 0 spiro atoms. The molecular weight excluding hydrogens is 198 g/mol. The third kappa shape index (κ3) is 2.40. The maximum absolute atomic E-state index is 10.5. The number of aromatic hydroxyl groups is 2. The summed E-state index contributed by atoms with van der Waals surface area (Å²) in [4.78, 5) is 10.5. The second-order valence-electron chi connectivity index (χ2n) is 3.06. The number of aliphatic carboxylic acids is 1. The van der Waals surface area contributed by atoms with Crippen molar-refractivity contribution in [2.75, 3.05) is 5.32 Å². The highest BCUT2D eigenvalue weighted by Crippen LogP contribution is 2.31. The van der Waals surface area contributed by atoms with Gasteiger partial charge in [0.1, 0.15) is 5.70 Å². The minimum atomic E-state index is -1.18. The van der Waals surface area contributed by atoms with Crippen molar-refractivity contribution in [3.05, 3.63) is 30.0 Å². The van der Waals surface area contributed by atoms with Crippen LogP contribution in [0.3, 0.4) is 0 Å². The molecule has 0 saturated carbocycles. The first-order valence-corrected chi connectivity index (χ1v) is 4.13. The van der Waals surface area contributed by atoms with Crippen molar-refractivity contribution in [2.24, 2.45) is 0 Å². The van der Waals surface area contributed by atoms with Crippen molar-refractivity contribution in [3.63, 3.8) is 0 Å². The molecule has 0 bridgehead atoms. The van der Waals surface area contributed by atoms with Crippen molar-refractivity contribution in [1.29, 1.82) is 0 Å². The minimum absolute atomic E-state index is 0.205. The molecule has 0 amide bonds. The van der Waals surface area contributed by atoms with Gasteiger partial charge in [-0.05, 0) is 18.6 Å². The van der Waals surface area contributed by atoms with Crippen LogP contribution in [0.5, 0.6) is 11.5 Å². The molecule has 0 radical (unpaired) electrons. The van der Waals surface area contributed by atoms with Crippen LogP contribution in [0.2, 0.25) is 0 Å². The van der Waals surface area contributed by atoms with Crippen LogP contribution in [0.15, 0.2) is 24.4 Å². The quantitative estimate of drug-likeness (QED) is 0.343. The van der Waals surface area contributed by atoms with Crippen LogP contribution in [0.4, 0.5) is 5.69 Å². The van der Waals surface area contributed by atoms with Gasteiger partial charge in [0.25, 0.3) is 0 Å². The molecule has 1 aromatic rings. The number of phenolic OH excluding ortho intramolecular Hbond substituents is 2. The monoisotopic (exact) mass is 209 g/mol. The smallest absolute Gasteiger partial charge is 0.351 e. The molecule has 1 rings (SSSR count). The Morgan fingerprint density at radius 1 is 1.33 bits per heavy atom. The molecule has 0 unspecified atom stereocenters. The number of aryl methyl sites for hydroxylation is 1. The molecule has 0 aliphatic heterocycles. The fourth-order valence-electron chi connectivity index (χ4n) is 1.03. The number of rotatable bonds is 3. The van der Waals surface area contributed by atoms with E-state index in [0.717, 1.165) is 0 Å². The van der Waals surface area contributed by atoms with E-state index in [4.69, 9.17) is 10.2 Å². The zero-order valence-corrected chi connectivity index (χ0v) is 8.11. The average molecular weight is 209 g/mol. The van der Waals surface area contributed by atoms with Crippen LogP contribution in [-0.2, 0) is 4.79 Å². The molecule has 0 heterocycles. The van der Waals surface area contributed by atoms with E-state index in [-0.39, 0.29) is 17.2 Å². The highest BCUT2D eigenvalue weighted by Gasteiger charge is 2.09. The van der Waals surface area contributed by atoms with Gasteiger partial charge in [-0.1, -0.05) is 6.58 Å². The summed E-state index contributed by atoms with van der Waals surface area (Å²) in [5, 5.41) is 29.5. The van der Waals surface area contributed by atoms with E-state index < -0.39 is 5.97 Å². The molecule has 0 aromatic heterocycles. The van der Waals surface area contributed by atoms with Crippen LogP contribution >= 0.6 is 0 Å². The summed E-state index contributed by atoms with van der Waals surface area (Å²) in [6, 6.07) is 2.56. The van der Waals surface area contributed by atoms with Gasteiger partial charge in [0, 0.05) is 11.8 Å². The highest BCUT2D eigenvalue weighted by atomic mass is 16.4. The molecule has 0 aliphatic carbocycles. The first-order chi connectivity index (χ1) is 6.91. The predicted molar refractivity (Wildman–Crippen MR) is 54.9 cm³/mol. The molecular formula is C10H11NO4. The number of phenols is 2. The standard InChI is InChI=1S/C10H11NO4/c1-5-3-8(12)9(13)4-7(5)11-6(2)10(14)15/h3-4,11-13H,2H2,1H3,(H,14,15). The Labute approximate surface area is 86.3 Å². The SMILES string of the molecule is C=C(Nc1cc(O)c(O)cc1C)C(=O)O. The summed E-state index contributed by atoms with van der Waals surface area (Å²) in [6.07, 6.45) is 0. The Kier molecular flexibility index (Phi) is 2.85. The largest absolute Gasteiger partial charge is 0.504 e. The van der Waals surface area contributed by atoms with Crippen LogP contribution in [-0.4, -0.2) is 21.3 Å². The first kappa shape index (κ1) is 10.9. The lowest BCUT2D eigenvalue weighted by Crippen LogP contribution is -2.09. The third-order valence-corrected chi connectivity index (χ3v) is 1.87. The predicted octanol–water partition coefficient (Wildman–Crippen LogP) is 1.42. The molecule has 0 saturated heterocycles. The number of anilines is 1. The van der Waals surface area contributed by atoms with Gasteiger partial charge in [-0.3, -0.25) is 0 Å². The third-order valence-electron chi connectivity index (χ3n) is 1.87. The summed E-state index contributed by atoms with van der Waals surface area (Å²) in [7, 11) is 0. The van der Waals surface area contributed by atoms with Gasteiger partial charge in [-0.2, -0.15) is 0 Å². The summed E-state index contributed by atoms with van der Waals surface area (Å²) in [5.74, 6) is -1.75. The van der Waals surface area contributed by atoms with Gasteiger partial charge in [0.05, 0.1) is 0 Å². The Morgan fingerprint density at radius 2 is 1.87 bits per heavy atom. The Bertz CT molecular complexity index is 426. The minimum Gasteiger partial charge on any atom is -0.504 e. The van der Waals surface area contributed by atoms with Crippen molar-refractivity contribution >= 4 is 11.7 Å². The average Bonchev–Trinajstić information content (AvgIpc) is 2.13. The van der Waals surface area contributed by atoms with E-state index in [1.165, 1.54) is 12.1 Å². The molecule has 5 heteroatoms. The molecule has 0 fully saturated rings. The first-order valence-electron chi connectivity index (χ1n) is 4.13. The normalized spacial score (nSPS) is 9.67. The summed E-state index contributed by atoms with van der Waals surface area (Å²) in [5.41, 5.74) is 0.786. The number of carbonyl (C=O) groups is 1. The lowest BCUT2D eigenvalue weighted by molar-refractivity contribution is -0.132. The van der Waals surface area contributed by atoms with E-state index in [0.29, 0.717) is 11.3 Å². The number of carboxylic acids is 1. The molecule has 0 aliphatic rings. The topological polar surface area (TPSA) is 89.8 Å². The fourth-order valence-corrected chi connectivity index (χ4v) is 1.03. The maximum atomic E-state index is 10.5. The van der Waals surface area contributed by atoms with Crippen molar-refractivity contribution in [1.82, 2.24) is 0 Å². The van der Waals surface area contributed by atoms with Gasteiger partial charge in [-0.25, -0.2) is 4.79 Å². The van der Waals surface area contributed by atoms with Gasteiger partial charge < -0.3 is 20.6 Å². The Hall–Kier alpha value is -2.17. The van der Waals surface area contributed by atoms with Crippen LogP contribution in [0.25, 0.3) is 0 Å². The van der Waals surface area contributed by atoms with Crippen molar-refractivity contribution in [2.45, 2.75) is 6.92 Å². The second-order valence-corrected chi connectivity index (χ2v) is 3.06. The van der Waals surface area contributed by atoms with Gasteiger partial charge >= 0.3 is 5.97 Å². The van der Waals surface area contributed by atoms with Gasteiger partial charge in [0.15, 0.2) is 11.5 Å². The van der Waals surface area contributed by atoms with Gasteiger partial charge in [0.2, 0.25) is 0 Å². The van der Waals surface area contributed by atoms with Crippen molar-refractivity contribution in [3.8, 4) is 11.5 Å². The van der Waals surface area contributed by atoms with Crippen molar-refractivity contribution < 1.29 is 20.1 Å². The molecule has 80 valence electrons. The van der Waals surface area contributed by atoms with E-state index in [1.807, 2.05) is 0 Å². The van der Waals surface area contributed by atoms with Crippen LogP contribution in [0, 0.1) is 6.92 Å².